The SMILES string of the molecule is C/C=C/CCNC1CC2CCC(C1)N2C. The highest BCUT2D eigenvalue weighted by Gasteiger charge is 2.37. The lowest BCUT2D eigenvalue weighted by atomic mass is 9.98. The van der Waals surface area contributed by atoms with E-state index >= 15 is 0 Å². The highest BCUT2D eigenvalue weighted by atomic mass is 15.2. The van der Waals surface area contributed by atoms with Crippen LogP contribution in [0.2, 0.25) is 0 Å². The van der Waals surface area contributed by atoms with Crippen LogP contribution in [0.25, 0.3) is 0 Å². The summed E-state index contributed by atoms with van der Waals surface area (Å²) in [5, 5.41) is 3.70. The molecule has 2 saturated heterocycles. The van der Waals surface area contributed by atoms with Gasteiger partial charge in [0.2, 0.25) is 0 Å². The lowest BCUT2D eigenvalue weighted by molar-refractivity contribution is 0.149. The predicted molar refractivity (Wildman–Crippen MR) is 65.0 cm³/mol. The van der Waals surface area contributed by atoms with Gasteiger partial charge in [0.05, 0.1) is 0 Å². The van der Waals surface area contributed by atoms with Crippen molar-refractivity contribution >= 4 is 0 Å². The largest absolute Gasteiger partial charge is 0.314 e. The van der Waals surface area contributed by atoms with Gasteiger partial charge in [-0.2, -0.15) is 0 Å². The molecule has 0 saturated carbocycles. The van der Waals surface area contributed by atoms with Gasteiger partial charge >= 0.3 is 0 Å². The van der Waals surface area contributed by atoms with Gasteiger partial charge in [-0.1, -0.05) is 12.2 Å². The maximum Gasteiger partial charge on any atom is 0.0111 e. The number of hydrogen-bond acceptors (Lipinski definition) is 2. The zero-order chi connectivity index (χ0) is 10.7. The van der Waals surface area contributed by atoms with Crippen LogP contribution in [-0.2, 0) is 0 Å². The lowest BCUT2D eigenvalue weighted by Gasteiger charge is -2.36. The zero-order valence-electron chi connectivity index (χ0n) is 10.1. The number of allylic oxidation sites excluding steroid dienone is 1. The molecule has 2 rings (SSSR count). The molecular weight excluding hydrogens is 184 g/mol. The molecule has 0 aromatic rings. The Hall–Kier alpha value is -0.340. The monoisotopic (exact) mass is 208 g/mol. The van der Waals surface area contributed by atoms with Crippen molar-refractivity contribution in [3.63, 3.8) is 0 Å². The number of rotatable bonds is 4. The Labute approximate surface area is 93.7 Å². The van der Waals surface area contributed by atoms with E-state index in [2.05, 4.69) is 36.3 Å². The van der Waals surface area contributed by atoms with E-state index < -0.39 is 0 Å². The molecule has 2 fully saturated rings. The van der Waals surface area contributed by atoms with Crippen LogP contribution in [0.1, 0.15) is 39.0 Å². The van der Waals surface area contributed by atoms with Crippen LogP contribution in [0, 0.1) is 0 Å². The van der Waals surface area contributed by atoms with Gasteiger partial charge in [0, 0.05) is 18.1 Å². The predicted octanol–water partition coefficient (Wildman–Crippen LogP) is 2.17. The standard InChI is InChI=1S/C13H24N2/c1-3-4-5-8-14-11-9-12-6-7-13(10-11)15(12)2/h3-4,11-14H,5-10H2,1-2H3/b4-3+. The molecule has 0 spiro atoms. The Morgan fingerprint density at radius 2 is 1.93 bits per heavy atom. The molecule has 0 aromatic heterocycles. The molecule has 0 aliphatic carbocycles. The van der Waals surface area contributed by atoms with E-state index in [0.29, 0.717) is 0 Å². The minimum absolute atomic E-state index is 0.781. The third-order valence-electron chi connectivity index (χ3n) is 4.08. The van der Waals surface area contributed by atoms with Gasteiger partial charge in [0.15, 0.2) is 0 Å². The topological polar surface area (TPSA) is 15.3 Å². The first-order valence-corrected chi connectivity index (χ1v) is 6.37. The van der Waals surface area contributed by atoms with Crippen LogP contribution in [0.5, 0.6) is 0 Å². The van der Waals surface area contributed by atoms with Crippen LogP contribution in [0.4, 0.5) is 0 Å². The minimum atomic E-state index is 0.781. The van der Waals surface area contributed by atoms with Crippen molar-refractivity contribution in [2.24, 2.45) is 0 Å². The smallest absolute Gasteiger partial charge is 0.0111 e. The molecule has 86 valence electrons. The highest BCUT2D eigenvalue weighted by Crippen LogP contribution is 2.34. The molecule has 15 heavy (non-hydrogen) atoms. The third-order valence-corrected chi connectivity index (χ3v) is 4.08. The van der Waals surface area contributed by atoms with E-state index in [4.69, 9.17) is 0 Å². The van der Waals surface area contributed by atoms with E-state index in [1.54, 1.807) is 0 Å². The highest BCUT2D eigenvalue weighted by molar-refractivity contribution is 4.96. The molecule has 2 bridgehead atoms. The Morgan fingerprint density at radius 1 is 1.27 bits per heavy atom. The zero-order valence-corrected chi connectivity index (χ0v) is 10.1. The molecule has 1 N–H and O–H groups in total. The van der Waals surface area contributed by atoms with Crippen molar-refractivity contribution in [1.82, 2.24) is 10.2 Å². The summed E-state index contributed by atoms with van der Waals surface area (Å²) >= 11 is 0. The summed E-state index contributed by atoms with van der Waals surface area (Å²) in [6, 6.07) is 2.51. The van der Waals surface area contributed by atoms with Crippen molar-refractivity contribution < 1.29 is 0 Å². The van der Waals surface area contributed by atoms with Crippen LogP contribution in [0.15, 0.2) is 12.2 Å². The van der Waals surface area contributed by atoms with Gasteiger partial charge in [-0.15, -0.1) is 0 Å². The number of nitrogens with one attached hydrogen (secondary N) is 1. The average Bonchev–Trinajstić information content (AvgIpc) is 2.50. The van der Waals surface area contributed by atoms with Gasteiger partial charge in [-0.25, -0.2) is 0 Å². The van der Waals surface area contributed by atoms with E-state index in [0.717, 1.165) is 24.7 Å². The fraction of sp³-hybridized carbons (Fsp3) is 0.846. The van der Waals surface area contributed by atoms with Gasteiger partial charge < -0.3 is 10.2 Å². The molecule has 2 aliphatic heterocycles. The van der Waals surface area contributed by atoms with Gasteiger partial charge in [-0.3, -0.25) is 0 Å². The van der Waals surface area contributed by atoms with Crippen molar-refractivity contribution in [3.05, 3.63) is 12.2 Å². The molecule has 0 amide bonds. The average molecular weight is 208 g/mol. The molecule has 2 aliphatic rings. The van der Waals surface area contributed by atoms with Crippen molar-refractivity contribution in [1.29, 1.82) is 0 Å². The van der Waals surface area contributed by atoms with Gasteiger partial charge in [0.1, 0.15) is 0 Å². The molecule has 2 heteroatoms. The Balaban J connectivity index is 1.72. The fourth-order valence-electron chi connectivity index (χ4n) is 3.12. The first-order chi connectivity index (χ1) is 7.31. The van der Waals surface area contributed by atoms with Gasteiger partial charge in [-0.05, 0) is 52.6 Å². The summed E-state index contributed by atoms with van der Waals surface area (Å²) in [5.74, 6) is 0. The fourth-order valence-corrected chi connectivity index (χ4v) is 3.12. The molecule has 0 aromatic carbocycles. The first-order valence-electron chi connectivity index (χ1n) is 6.37. The van der Waals surface area contributed by atoms with Crippen LogP contribution < -0.4 is 5.32 Å². The molecule has 2 unspecified atom stereocenters. The second kappa shape index (κ2) is 5.13. The summed E-state index contributed by atoms with van der Waals surface area (Å²) in [7, 11) is 2.30. The van der Waals surface area contributed by atoms with Gasteiger partial charge in [0.25, 0.3) is 0 Å². The minimum Gasteiger partial charge on any atom is -0.314 e. The van der Waals surface area contributed by atoms with E-state index in [-0.39, 0.29) is 0 Å². The van der Waals surface area contributed by atoms with Crippen LogP contribution >= 0.6 is 0 Å². The summed E-state index contributed by atoms with van der Waals surface area (Å²) in [4.78, 5) is 2.60. The maximum absolute atomic E-state index is 3.70. The Bertz CT molecular complexity index is 211. The van der Waals surface area contributed by atoms with E-state index in [1.165, 1.54) is 32.1 Å². The molecule has 2 heterocycles. The second-order valence-electron chi connectivity index (χ2n) is 5.03. The van der Waals surface area contributed by atoms with Crippen LogP contribution in [-0.4, -0.2) is 36.6 Å². The summed E-state index contributed by atoms with van der Waals surface area (Å²) < 4.78 is 0. The normalized spacial score (nSPS) is 36.5. The summed E-state index contributed by atoms with van der Waals surface area (Å²) in [5.41, 5.74) is 0. The molecular formula is C13H24N2. The Kier molecular flexibility index (Phi) is 3.81. The quantitative estimate of drug-likeness (QED) is 0.562. The second-order valence-corrected chi connectivity index (χ2v) is 5.03. The number of piperidine rings is 1. The van der Waals surface area contributed by atoms with Crippen molar-refractivity contribution in [3.8, 4) is 0 Å². The van der Waals surface area contributed by atoms with E-state index in [1.807, 2.05) is 0 Å². The summed E-state index contributed by atoms with van der Waals surface area (Å²) in [6.45, 7) is 3.24. The van der Waals surface area contributed by atoms with Crippen molar-refractivity contribution in [2.45, 2.75) is 57.2 Å². The van der Waals surface area contributed by atoms with E-state index in [9.17, 15) is 0 Å². The molecule has 0 radical (unpaired) electrons. The number of nitrogens with zero attached hydrogens (tertiary/aromatic N) is 1. The molecule has 2 atom stereocenters. The number of fused-ring (bicyclic) bond motifs is 2. The lowest BCUT2D eigenvalue weighted by Crippen LogP contribution is -2.47. The van der Waals surface area contributed by atoms with Crippen molar-refractivity contribution in [2.75, 3.05) is 13.6 Å². The Morgan fingerprint density at radius 3 is 2.53 bits per heavy atom. The first kappa shape index (κ1) is 11.2. The molecule has 2 nitrogen and oxygen atoms in total. The third kappa shape index (κ3) is 2.61. The summed E-state index contributed by atoms with van der Waals surface area (Å²) in [6.07, 6.45) is 11.1. The maximum atomic E-state index is 3.70. The number of hydrogen-bond donors (Lipinski definition) is 1. The van der Waals surface area contributed by atoms with Crippen LogP contribution in [0.3, 0.4) is 0 Å².